The van der Waals surface area contributed by atoms with Gasteiger partial charge in [-0.3, -0.25) is 9.69 Å². The highest BCUT2D eigenvalue weighted by molar-refractivity contribution is 7.90. The third kappa shape index (κ3) is 6.10. The molecule has 12 heteroatoms. The van der Waals surface area contributed by atoms with Crippen molar-refractivity contribution in [3.05, 3.63) is 141 Å². The molecular formula is C43H39N5O6S. The number of carbonyl (C=O) groups is 1. The summed E-state index contributed by atoms with van der Waals surface area (Å²) in [6.07, 6.45) is 0.445. The smallest absolute Gasteiger partial charge is 0.343 e. The minimum absolute atomic E-state index is 0.0735. The molecule has 1 atom stereocenters. The Morgan fingerprint density at radius 1 is 0.873 bits per heavy atom. The van der Waals surface area contributed by atoms with Crippen LogP contribution < -0.4 is 5.56 Å². The van der Waals surface area contributed by atoms with Gasteiger partial charge in [-0.25, -0.2) is 9.78 Å². The van der Waals surface area contributed by atoms with Gasteiger partial charge in [-0.15, -0.1) is 4.40 Å². The van der Waals surface area contributed by atoms with Crippen molar-refractivity contribution in [2.24, 2.45) is 4.40 Å². The number of nitrogens with zero attached hydrogens (tertiary/aromatic N) is 5. The summed E-state index contributed by atoms with van der Waals surface area (Å²) in [6, 6.07) is 32.3. The Morgan fingerprint density at radius 2 is 1.60 bits per heavy atom. The second-order valence-electron chi connectivity index (χ2n) is 14.5. The lowest BCUT2D eigenvalue weighted by atomic mass is 9.86. The minimum atomic E-state index is -4.01. The van der Waals surface area contributed by atoms with Gasteiger partial charge in [-0.05, 0) is 52.6 Å². The van der Waals surface area contributed by atoms with Gasteiger partial charge in [0, 0.05) is 55.7 Å². The molecule has 1 N–H and O–H groups in total. The first-order valence-corrected chi connectivity index (χ1v) is 20.0. The summed E-state index contributed by atoms with van der Waals surface area (Å²) in [6.45, 7) is 4.85. The van der Waals surface area contributed by atoms with Gasteiger partial charge < -0.3 is 19.3 Å². The molecule has 0 spiro atoms. The number of hydrogen-bond donors (Lipinski definition) is 1. The van der Waals surface area contributed by atoms with Crippen molar-refractivity contribution >= 4 is 43.5 Å². The number of rotatable bonds is 7. The Kier molecular flexibility index (Phi) is 8.64. The number of para-hydroxylation sites is 1. The number of esters is 1. The highest BCUT2D eigenvalue weighted by atomic mass is 32.2. The number of sulfonamides is 1. The molecular weight excluding hydrogens is 715 g/mol. The Bertz CT molecular complexity index is 2720. The summed E-state index contributed by atoms with van der Waals surface area (Å²) < 4.78 is 39.1. The van der Waals surface area contributed by atoms with E-state index in [4.69, 9.17) is 9.72 Å². The first-order chi connectivity index (χ1) is 26.6. The fourth-order valence-electron chi connectivity index (χ4n) is 8.18. The molecule has 0 bridgehead atoms. The van der Waals surface area contributed by atoms with Gasteiger partial charge in [0.25, 0.3) is 15.6 Å². The van der Waals surface area contributed by atoms with Gasteiger partial charge in [0.2, 0.25) is 0 Å². The van der Waals surface area contributed by atoms with Crippen LogP contribution in [0.3, 0.4) is 0 Å². The van der Waals surface area contributed by atoms with Crippen LogP contribution in [0.25, 0.3) is 33.1 Å². The van der Waals surface area contributed by atoms with Crippen LogP contribution in [0.5, 0.6) is 0 Å². The summed E-state index contributed by atoms with van der Waals surface area (Å²) in [4.78, 5) is 36.2. The number of benzene rings is 4. The average molecular weight is 754 g/mol. The van der Waals surface area contributed by atoms with Gasteiger partial charge >= 0.3 is 5.97 Å². The topological polar surface area (TPSA) is 134 Å². The number of hydrogen-bond acceptors (Lipinski definition) is 8. The monoisotopic (exact) mass is 753 g/mol. The molecule has 0 radical (unpaired) electrons. The molecule has 1 fully saturated rings. The largest absolute Gasteiger partial charge is 0.458 e. The van der Waals surface area contributed by atoms with E-state index in [1.54, 1.807) is 29.7 Å². The Hall–Kier alpha value is -5.69. The number of carbonyl (C=O) groups excluding carboxylic acids is 1. The maximum atomic E-state index is 13.9. The molecule has 5 heterocycles. The molecule has 0 aliphatic carbocycles. The summed E-state index contributed by atoms with van der Waals surface area (Å²) in [5, 5.41) is 14.1. The van der Waals surface area contributed by atoms with Crippen LogP contribution in [0.4, 0.5) is 0 Å². The molecule has 4 aromatic carbocycles. The third-order valence-corrected chi connectivity index (χ3v) is 12.6. The number of ether oxygens (including phenoxy) is 1. The van der Waals surface area contributed by atoms with E-state index < -0.39 is 21.6 Å². The van der Waals surface area contributed by atoms with Crippen LogP contribution >= 0.6 is 0 Å². The standard InChI is InChI=1S/C43H39N5O6S/c1-2-43(51)36-24-38-40-34(26-48(38)41(49)35(36)27-54-42(43)50)33(32-14-8-9-15-37(32)44-40)25-46-18-20-47(21-19-46)39(22-28-10-4-3-5-11-28)45-55(52,53)31-17-16-29-12-6-7-13-30(29)23-31/h3-17,23-24,51H,2,18-22,25-27H2,1H3/b45-39-/t43-/m0/s1. The minimum Gasteiger partial charge on any atom is -0.458 e. The number of fused-ring (bicyclic) bond motifs is 6. The van der Waals surface area contributed by atoms with E-state index in [0.29, 0.717) is 74.0 Å². The van der Waals surface area contributed by atoms with Crippen molar-refractivity contribution < 1.29 is 23.1 Å². The first kappa shape index (κ1) is 35.0. The van der Waals surface area contributed by atoms with Gasteiger partial charge in [0.05, 0.1) is 33.9 Å². The molecule has 278 valence electrons. The van der Waals surface area contributed by atoms with Crippen LogP contribution in [0, 0.1) is 0 Å². The van der Waals surface area contributed by atoms with E-state index in [2.05, 4.69) is 20.3 Å². The zero-order chi connectivity index (χ0) is 37.9. The number of piperazine rings is 1. The quantitative estimate of drug-likeness (QED) is 0.129. The molecule has 55 heavy (non-hydrogen) atoms. The fourth-order valence-corrected chi connectivity index (χ4v) is 9.26. The second kappa shape index (κ2) is 13.6. The van der Waals surface area contributed by atoms with Crippen LogP contribution in [0.2, 0.25) is 0 Å². The number of pyridine rings is 2. The van der Waals surface area contributed by atoms with Crippen LogP contribution in [-0.4, -0.2) is 70.9 Å². The predicted molar refractivity (Wildman–Crippen MR) is 210 cm³/mol. The van der Waals surface area contributed by atoms with Crippen molar-refractivity contribution in [3.63, 3.8) is 0 Å². The van der Waals surface area contributed by atoms with Crippen LogP contribution in [0.15, 0.2) is 117 Å². The fraction of sp³-hybridized carbons (Fsp3) is 0.256. The van der Waals surface area contributed by atoms with Gasteiger partial charge in [0.15, 0.2) is 5.60 Å². The van der Waals surface area contributed by atoms with E-state index in [1.807, 2.05) is 78.9 Å². The number of aliphatic hydroxyl groups is 1. The Labute approximate surface area is 318 Å². The summed E-state index contributed by atoms with van der Waals surface area (Å²) >= 11 is 0. The SMILES string of the molecule is CC[C@@]1(O)C(=O)OCc2c1cc1n(c2=O)Cc2c-1nc1ccccc1c2CN1CCN(/C(Cc2ccccc2)=N\S(=O)(=O)c2ccc3ccccc3c2)CC1. The van der Waals surface area contributed by atoms with E-state index in [-0.39, 0.29) is 23.5 Å². The highest BCUT2D eigenvalue weighted by Crippen LogP contribution is 2.40. The predicted octanol–water partition coefficient (Wildman–Crippen LogP) is 5.38. The van der Waals surface area contributed by atoms with E-state index >= 15 is 0 Å². The average Bonchev–Trinajstić information content (AvgIpc) is 3.58. The number of aromatic nitrogens is 2. The normalized spacial score (nSPS) is 18.6. The zero-order valence-corrected chi connectivity index (χ0v) is 31.1. The molecule has 0 amide bonds. The van der Waals surface area contributed by atoms with E-state index in [9.17, 15) is 23.1 Å². The van der Waals surface area contributed by atoms with E-state index in [1.165, 1.54) is 0 Å². The number of cyclic esters (lactones) is 1. The summed E-state index contributed by atoms with van der Waals surface area (Å²) in [5.74, 6) is -0.248. The molecule has 0 unspecified atom stereocenters. The van der Waals surface area contributed by atoms with Gasteiger partial charge in [0.1, 0.15) is 12.4 Å². The first-order valence-electron chi connectivity index (χ1n) is 18.5. The molecule has 0 saturated carbocycles. The van der Waals surface area contributed by atoms with Crippen molar-refractivity contribution in [1.82, 2.24) is 19.4 Å². The van der Waals surface area contributed by atoms with Gasteiger partial charge in [-0.2, -0.15) is 8.42 Å². The maximum absolute atomic E-state index is 13.9. The lowest BCUT2D eigenvalue weighted by Crippen LogP contribution is -2.49. The maximum Gasteiger partial charge on any atom is 0.343 e. The molecule has 6 aromatic rings. The van der Waals surface area contributed by atoms with Gasteiger partial charge in [-0.1, -0.05) is 85.8 Å². The summed E-state index contributed by atoms with van der Waals surface area (Å²) in [5.41, 5.74) is 3.38. The molecule has 1 saturated heterocycles. The van der Waals surface area contributed by atoms with Crippen molar-refractivity contribution in [1.29, 1.82) is 0 Å². The highest BCUT2D eigenvalue weighted by Gasteiger charge is 2.45. The second-order valence-corrected chi connectivity index (χ2v) is 16.1. The summed E-state index contributed by atoms with van der Waals surface area (Å²) in [7, 11) is -4.01. The molecule has 3 aliphatic heterocycles. The third-order valence-electron chi connectivity index (χ3n) is 11.3. The Morgan fingerprint density at radius 3 is 2.38 bits per heavy atom. The van der Waals surface area contributed by atoms with Crippen molar-refractivity contribution in [2.75, 3.05) is 26.2 Å². The molecule has 9 rings (SSSR count). The zero-order valence-electron chi connectivity index (χ0n) is 30.3. The van der Waals surface area contributed by atoms with Crippen molar-refractivity contribution in [2.45, 2.75) is 50.0 Å². The number of amidine groups is 1. The molecule has 11 nitrogen and oxygen atoms in total. The van der Waals surface area contributed by atoms with Crippen molar-refractivity contribution in [3.8, 4) is 11.4 Å². The van der Waals surface area contributed by atoms with Crippen LogP contribution in [0.1, 0.15) is 41.2 Å². The lowest BCUT2D eigenvalue weighted by Gasteiger charge is -2.37. The lowest BCUT2D eigenvalue weighted by molar-refractivity contribution is -0.172. The van der Waals surface area contributed by atoms with Crippen LogP contribution in [-0.2, 0) is 51.3 Å². The molecule has 3 aliphatic rings. The van der Waals surface area contributed by atoms with E-state index in [0.717, 1.165) is 38.4 Å². The molecule has 2 aromatic heterocycles. The Balaban J connectivity index is 1.02.